The van der Waals surface area contributed by atoms with Gasteiger partial charge in [0.25, 0.3) is 5.91 Å². The van der Waals surface area contributed by atoms with E-state index in [1.165, 1.54) is 27.7 Å². The number of nitrogens with zero attached hydrogens (tertiary/aromatic N) is 7. The molecule has 0 bridgehead atoms. The number of aliphatic hydroxyl groups excluding tert-OH is 2. The van der Waals surface area contributed by atoms with Crippen LogP contribution in [0.4, 0.5) is 4.39 Å². The number of ether oxygens (including phenoxy) is 1. The second-order valence-electron chi connectivity index (χ2n) is 10.8. The van der Waals surface area contributed by atoms with Crippen LogP contribution in [0.25, 0.3) is 11.2 Å². The molecule has 212 valence electrons. The summed E-state index contributed by atoms with van der Waals surface area (Å²) in [5.74, 6) is -0.655. The number of halogens is 2. The predicted molar refractivity (Wildman–Crippen MR) is 143 cm³/mol. The fourth-order valence-corrected chi connectivity index (χ4v) is 5.41. The minimum Gasteiger partial charge on any atom is -0.395 e. The Morgan fingerprint density at radius 1 is 1.27 bits per heavy atom. The summed E-state index contributed by atoms with van der Waals surface area (Å²) < 4.78 is 24.7. The van der Waals surface area contributed by atoms with E-state index in [4.69, 9.17) is 21.3 Å². The maximum atomic E-state index is 14.5. The number of aromatic nitrogens is 7. The summed E-state index contributed by atoms with van der Waals surface area (Å²) in [6.07, 6.45) is 9.69. The van der Waals surface area contributed by atoms with Crippen LogP contribution in [0, 0.1) is 11.2 Å². The van der Waals surface area contributed by atoms with Gasteiger partial charge in [-0.25, -0.2) is 19.0 Å². The van der Waals surface area contributed by atoms with Crippen LogP contribution in [0.3, 0.4) is 0 Å². The number of aliphatic hydroxyl groups is 2. The van der Waals surface area contributed by atoms with Crippen molar-refractivity contribution in [3.05, 3.63) is 82.3 Å². The quantitative estimate of drug-likeness (QED) is 0.241. The minimum atomic E-state index is -0.934. The summed E-state index contributed by atoms with van der Waals surface area (Å²) in [6, 6.07) is 3.42. The summed E-state index contributed by atoms with van der Waals surface area (Å²) in [5, 5.41) is 32.0. The average molecular weight is 581 g/mol. The molecule has 5 aromatic heterocycles. The van der Waals surface area contributed by atoms with E-state index in [1.54, 1.807) is 6.20 Å². The summed E-state index contributed by atoms with van der Waals surface area (Å²) in [4.78, 5) is 21.7. The van der Waals surface area contributed by atoms with E-state index in [0.29, 0.717) is 28.5 Å². The minimum absolute atomic E-state index is 0.0271. The molecule has 1 saturated heterocycles. The zero-order chi connectivity index (χ0) is 28.3. The van der Waals surface area contributed by atoms with Gasteiger partial charge < -0.3 is 29.1 Å². The summed E-state index contributed by atoms with van der Waals surface area (Å²) in [7, 11) is 0. The number of hydrogen-bond donors (Lipinski definition) is 3. The van der Waals surface area contributed by atoms with Gasteiger partial charge in [0.1, 0.15) is 11.2 Å². The van der Waals surface area contributed by atoms with E-state index in [2.05, 4.69) is 20.6 Å². The molecule has 1 unspecified atom stereocenters. The van der Waals surface area contributed by atoms with E-state index < -0.39 is 23.2 Å². The lowest BCUT2D eigenvalue weighted by atomic mass is 9.77. The third kappa shape index (κ3) is 4.54. The monoisotopic (exact) mass is 580 g/mol. The Balaban J connectivity index is 1.09. The molecule has 41 heavy (non-hydrogen) atoms. The third-order valence-corrected chi connectivity index (χ3v) is 8.14. The molecular formula is C27H26ClFN8O4. The zero-order valence-electron chi connectivity index (χ0n) is 21.7. The number of pyridine rings is 2. The first-order valence-corrected chi connectivity index (χ1v) is 13.6. The van der Waals surface area contributed by atoms with E-state index in [9.17, 15) is 19.4 Å². The van der Waals surface area contributed by atoms with Crippen molar-refractivity contribution in [3.8, 4) is 0 Å². The topological polar surface area (TPSA) is 144 Å². The molecule has 1 amide bonds. The normalized spacial score (nSPS) is 17.2. The highest BCUT2D eigenvalue weighted by Crippen LogP contribution is 2.45. The van der Waals surface area contributed by atoms with Gasteiger partial charge in [0, 0.05) is 24.2 Å². The van der Waals surface area contributed by atoms with Crippen molar-refractivity contribution >= 4 is 28.7 Å². The Morgan fingerprint density at radius 3 is 2.83 bits per heavy atom. The molecule has 12 nitrogen and oxygen atoms in total. The smallest absolute Gasteiger partial charge is 0.273 e. The number of hydrogen-bond acceptors (Lipinski definition) is 8. The van der Waals surface area contributed by atoms with Gasteiger partial charge in [0.2, 0.25) is 0 Å². The first-order valence-electron chi connectivity index (χ1n) is 13.2. The maximum absolute atomic E-state index is 14.5. The molecule has 0 aromatic carbocycles. The zero-order valence-corrected chi connectivity index (χ0v) is 22.5. The van der Waals surface area contributed by atoms with Gasteiger partial charge in [0.05, 0.1) is 73.4 Å². The molecule has 5 aromatic rings. The Bertz CT molecular complexity index is 1790. The molecule has 7 rings (SSSR count). The Labute approximate surface area is 237 Å². The first-order chi connectivity index (χ1) is 19.8. The van der Waals surface area contributed by atoms with Gasteiger partial charge in [-0.15, -0.1) is 5.10 Å². The number of imidazole rings is 2. The Morgan fingerprint density at radius 2 is 2.10 bits per heavy atom. The number of rotatable bonds is 9. The fraction of sp³-hybridized carbons (Fsp3) is 0.370. The van der Waals surface area contributed by atoms with E-state index >= 15 is 0 Å². The second-order valence-corrected chi connectivity index (χ2v) is 11.2. The van der Waals surface area contributed by atoms with Crippen molar-refractivity contribution in [1.29, 1.82) is 0 Å². The molecule has 6 heterocycles. The van der Waals surface area contributed by atoms with Crippen LogP contribution in [0.5, 0.6) is 0 Å². The molecular weight excluding hydrogens is 555 g/mol. The molecule has 3 N–H and O–H groups in total. The highest BCUT2D eigenvalue weighted by molar-refractivity contribution is 6.31. The number of fused-ring (bicyclic) bond motifs is 2. The molecule has 1 atom stereocenters. The molecule has 2 aliphatic rings. The highest BCUT2D eigenvalue weighted by Gasteiger charge is 2.46. The SMILES string of the molecule is O=C(NCc1ncn2ccc(Cl)c(F)c12)c1cn(Cc2cn3cc(C4CC4)cc(C(O)C4(CO)COC4)c3n2)nn1. The number of amides is 1. The fourth-order valence-electron chi connectivity index (χ4n) is 5.26. The van der Waals surface area contributed by atoms with Crippen molar-refractivity contribution in [1.82, 2.24) is 39.1 Å². The van der Waals surface area contributed by atoms with Crippen LogP contribution in [-0.2, 0) is 17.8 Å². The van der Waals surface area contributed by atoms with Crippen LogP contribution in [0.2, 0.25) is 5.02 Å². The molecule has 1 saturated carbocycles. The van der Waals surface area contributed by atoms with Crippen LogP contribution in [0.15, 0.2) is 43.2 Å². The predicted octanol–water partition coefficient (Wildman–Crippen LogP) is 2.26. The van der Waals surface area contributed by atoms with Gasteiger partial charge in [0.15, 0.2) is 11.5 Å². The molecule has 1 aliphatic heterocycles. The summed E-state index contributed by atoms with van der Waals surface area (Å²) >= 11 is 5.90. The summed E-state index contributed by atoms with van der Waals surface area (Å²) in [6.45, 7) is 0.578. The van der Waals surface area contributed by atoms with E-state index in [1.807, 2.05) is 22.9 Å². The lowest BCUT2D eigenvalue weighted by Gasteiger charge is -2.43. The van der Waals surface area contributed by atoms with E-state index in [0.717, 1.165) is 18.4 Å². The average Bonchev–Trinajstić information content (AvgIpc) is 3.34. The molecule has 1 aliphatic carbocycles. The highest BCUT2D eigenvalue weighted by atomic mass is 35.5. The lowest BCUT2D eigenvalue weighted by molar-refractivity contribution is -0.192. The molecule has 0 spiro atoms. The van der Waals surface area contributed by atoms with Crippen molar-refractivity contribution in [2.45, 2.75) is 38.0 Å². The molecule has 14 heteroatoms. The molecule has 2 fully saturated rings. The van der Waals surface area contributed by atoms with Gasteiger partial charge in [-0.3, -0.25) is 4.79 Å². The van der Waals surface area contributed by atoms with Gasteiger partial charge in [-0.05, 0) is 36.5 Å². The largest absolute Gasteiger partial charge is 0.395 e. The first kappa shape index (κ1) is 26.0. The van der Waals surface area contributed by atoms with Gasteiger partial charge >= 0.3 is 0 Å². The van der Waals surface area contributed by atoms with Crippen LogP contribution < -0.4 is 5.32 Å². The van der Waals surface area contributed by atoms with Gasteiger partial charge in [-0.1, -0.05) is 16.8 Å². The maximum Gasteiger partial charge on any atom is 0.273 e. The Hall–Kier alpha value is -3.91. The number of carbonyl (C=O) groups excluding carboxylic acids is 1. The standard InChI is InChI=1S/C27H26ClFN8O4/c28-19-3-4-35-14-31-20(23(35)22(19)29)6-30-26(40)21-10-37(34-33-21)9-17-8-36-7-16(15-1-2-15)5-18(25(36)32-17)24(39)27(11-38)12-41-13-27/h3-5,7-8,10,14-15,24,38-39H,1-2,6,9,11-13H2,(H,30,40). The Kier molecular flexibility index (Phi) is 6.27. The van der Waals surface area contributed by atoms with Gasteiger partial charge in [-0.2, -0.15) is 0 Å². The number of carbonyl (C=O) groups is 1. The van der Waals surface area contributed by atoms with Crippen molar-refractivity contribution in [2.24, 2.45) is 5.41 Å². The van der Waals surface area contributed by atoms with Crippen molar-refractivity contribution < 1.29 is 24.1 Å². The van der Waals surface area contributed by atoms with Crippen molar-refractivity contribution in [3.63, 3.8) is 0 Å². The van der Waals surface area contributed by atoms with Crippen LogP contribution in [0.1, 0.15) is 57.9 Å². The third-order valence-electron chi connectivity index (χ3n) is 7.85. The van der Waals surface area contributed by atoms with Crippen molar-refractivity contribution in [2.75, 3.05) is 19.8 Å². The van der Waals surface area contributed by atoms with E-state index in [-0.39, 0.29) is 49.1 Å². The summed E-state index contributed by atoms with van der Waals surface area (Å²) in [5.41, 5.74) is 2.88. The molecule has 0 radical (unpaired) electrons. The lowest BCUT2D eigenvalue weighted by Crippen LogP contribution is -2.50. The van der Waals surface area contributed by atoms with Crippen LogP contribution >= 0.6 is 11.6 Å². The second kappa shape index (κ2) is 9.87. The number of nitrogens with one attached hydrogen (secondary N) is 1. The van der Waals surface area contributed by atoms with Crippen LogP contribution in [-0.4, -0.2) is 69.7 Å².